The van der Waals surface area contributed by atoms with Gasteiger partial charge in [-0.05, 0) is 56.1 Å². The predicted octanol–water partition coefficient (Wildman–Crippen LogP) is 3.61. The number of amides is 3. The summed E-state index contributed by atoms with van der Waals surface area (Å²) in [4.78, 5) is 44.5. The number of ether oxygens (including phenoxy) is 1. The molecule has 1 atom stereocenters. The van der Waals surface area contributed by atoms with Crippen molar-refractivity contribution < 1.29 is 27.9 Å². The van der Waals surface area contributed by atoms with Crippen molar-refractivity contribution in [2.75, 3.05) is 38.6 Å². The van der Waals surface area contributed by atoms with Gasteiger partial charge in [0.15, 0.2) is 17.4 Å². The third-order valence-corrected chi connectivity index (χ3v) is 8.06. The monoisotopic (exact) mass is 600 g/mol. The maximum absolute atomic E-state index is 14.6. The van der Waals surface area contributed by atoms with Crippen LogP contribution in [0.25, 0.3) is 11.3 Å². The molecule has 0 spiro atoms. The molecule has 2 aliphatic rings. The number of anilines is 1. The summed E-state index contributed by atoms with van der Waals surface area (Å²) in [6.07, 6.45) is 3.34. The van der Waals surface area contributed by atoms with Crippen LogP contribution in [-0.2, 0) is 11.8 Å². The molecule has 222 valence electrons. The van der Waals surface area contributed by atoms with Crippen LogP contribution >= 0.6 is 11.6 Å². The lowest BCUT2D eigenvalue weighted by Gasteiger charge is -2.32. The fraction of sp³-hybridized carbons (Fsp3) is 0.379. The number of hydrogen-bond donors (Lipinski definition) is 3. The van der Waals surface area contributed by atoms with Crippen molar-refractivity contribution >= 4 is 35.0 Å². The average molecular weight is 601 g/mol. The van der Waals surface area contributed by atoms with Crippen LogP contribution in [0.2, 0.25) is 5.02 Å². The van der Waals surface area contributed by atoms with E-state index in [1.165, 1.54) is 49.2 Å². The molecule has 3 heterocycles. The highest BCUT2D eigenvalue weighted by molar-refractivity contribution is 6.34. The molecular weight excluding hydrogens is 570 g/mol. The lowest BCUT2D eigenvalue weighted by molar-refractivity contribution is -0.126. The van der Waals surface area contributed by atoms with E-state index in [4.69, 9.17) is 16.3 Å². The molecule has 2 saturated heterocycles. The first-order valence-corrected chi connectivity index (χ1v) is 14.0. The van der Waals surface area contributed by atoms with Gasteiger partial charge in [0, 0.05) is 49.9 Å². The van der Waals surface area contributed by atoms with Gasteiger partial charge in [-0.15, -0.1) is 0 Å². The number of aromatic nitrogens is 2. The average Bonchev–Trinajstić information content (AvgIpc) is 3.64. The summed E-state index contributed by atoms with van der Waals surface area (Å²) in [7, 11) is 2.74. The number of benzene rings is 2. The van der Waals surface area contributed by atoms with Crippen LogP contribution in [0.15, 0.2) is 36.5 Å². The molecule has 3 amide bonds. The Labute approximate surface area is 246 Å². The number of halogens is 3. The van der Waals surface area contributed by atoms with Crippen molar-refractivity contribution in [3.63, 3.8) is 0 Å². The maximum Gasteiger partial charge on any atom is 0.291 e. The smallest absolute Gasteiger partial charge is 0.291 e. The second kappa shape index (κ2) is 12.5. The molecule has 2 aromatic carbocycles. The molecule has 42 heavy (non-hydrogen) atoms. The standard InChI is InChI=1S/C29H31ClF2N6O4/c1-37-22(20-5-6-23(42-2)25(32)24(20)31)15-34-26(37)28(40)35-17-3-4-19(21(30)13-17)29(41)38-11-8-16(9-12-38)27(39)36-18-7-10-33-14-18/h3-6,13,15-16,18,33H,7-12,14H2,1-2H3,(H,35,40)(H,36,39)/t18-/m0/s1. The zero-order chi connectivity index (χ0) is 30.0. The molecule has 2 fully saturated rings. The van der Waals surface area contributed by atoms with E-state index in [0.717, 1.165) is 19.5 Å². The molecule has 0 saturated carbocycles. The minimum atomic E-state index is -1.14. The Kier molecular flexibility index (Phi) is 8.74. The first-order valence-electron chi connectivity index (χ1n) is 13.6. The van der Waals surface area contributed by atoms with Crippen LogP contribution in [0.4, 0.5) is 14.5 Å². The second-order valence-electron chi connectivity index (χ2n) is 10.4. The van der Waals surface area contributed by atoms with Crippen molar-refractivity contribution in [1.82, 2.24) is 25.1 Å². The summed E-state index contributed by atoms with van der Waals surface area (Å²) in [5.74, 6) is -3.50. The van der Waals surface area contributed by atoms with Gasteiger partial charge < -0.3 is 30.2 Å². The summed E-state index contributed by atoms with van der Waals surface area (Å²) in [5.41, 5.74) is 0.717. The quantitative estimate of drug-likeness (QED) is 0.381. The molecular formula is C29H31ClF2N6O4. The first kappa shape index (κ1) is 29.5. The Balaban J connectivity index is 1.21. The molecule has 1 aromatic heterocycles. The number of piperidine rings is 1. The number of methoxy groups -OCH3 is 1. The lowest BCUT2D eigenvalue weighted by Crippen LogP contribution is -2.45. The van der Waals surface area contributed by atoms with E-state index in [1.807, 2.05) is 0 Å². The minimum absolute atomic E-state index is 0.0371. The van der Waals surface area contributed by atoms with Gasteiger partial charge in [-0.1, -0.05) is 11.6 Å². The van der Waals surface area contributed by atoms with E-state index in [-0.39, 0.29) is 57.2 Å². The van der Waals surface area contributed by atoms with Gasteiger partial charge in [-0.25, -0.2) is 9.37 Å². The molecule has 3 N–H and O–H groups in total. The normalized spacial score (nSPS) is 17.3. The molecule has 13 heteroatoms. The highest BCUT2D eigenvalue weighted by Crippen LogP contribution is 2.30. The zero-order valence-corrected chi connectivity index (χ0v) is 23.9. The van der Waals surface area contributed by atoms with Crippen LogP contribution < -0.4 is 20.7 Å². The second-order valence-corrected chi connectivity index (χ2v) is 10.8. The van der Waals surface area contributed by atoms with Crippen molar-refractivity contribution in [3.8, 4) is 17.0 Å². The van der Waals surface area contributed by atoms with Crippen LogP contribution in [0.5, 0.6) is 5.75 Å². The minimum Gasteiger partial charge on any atom is -0.494 e. The fourth-order valence-electron chi connectivity index (χ4n) is 5.32. The Morgan fingerprint density at radius 3 is 2.52 bits per heavy atom. The zero-order valence-electron chi connectivity index (χ0n) is 23.2. The molecule has 5 rings (SSSR count). The summed E-state index contributed by atoms with van der Waals surface area (Å²) in [6.45, 7) is 2.56. The van der Waals surface area contributed by atoms with Crippen molar-refractivity contribution in [1.29, 1.82) is 0 Å². The van der Waals surface area contributed by atoms with Crippen LogP contribution in [0.3, 0.4) is 0 Å². The molecule has 0 aliphatic carbocycles. The molecule has 0 unspecified atom stereocenters. The topological polar surface area (TPSA) is 118 Å². The Hall–Kier alpha value is -4.03. The number of carbonyl (C=O) groups is 3. The van der Waals surface area contributed by atoms with Gasteiger partial charge in [0.1, 0.15) is 0 Å². The molecule has 0 radical (unpaired) electrons. The van der Waals surface area contributed by atoms with Gasteiger partial charge in [0.05, 0.1) is 29.6 Å². The third kappa shape index (κ3) is 5.95. The highest BCUT2D eigenvalue weighted by atomic mass is 35.5. The predicted molar refractivity (Wildman–Crippen MR) is 153 cm³/mol. The van der Waals surface area contributed by atoms with Crippen molar-refractivity contribution in [2.24, 2.45) is 13.0 Å². The number of nitrogens with zero attached hydrogens (tertiary/aromatic N) is 3. The lowest BCUT2D eigenvalue weighted by atomic mass is 9.95. The van der Waals surface area contributed by atoms with Gasteiger partial charge in [-0.3, -0.25) is 14.4 Å². The Bertz CT molecular complexity index is 1520. The van der Waals surface area contributed by atoms with Crippen molar-refractivity contribution in [2.45, 2.75) is 25.3 Å². The molecule has 10 nitrogen and oxygen atoms in total. The Morgan fingerprint density at radius 2 is 1.86 bits per heavy atom. The first-order chi connectivity index (χ1) is 20.2. The number of rotatable bonds is 7. The summed E-state index contributed by atoms with van der Waals surface area (Å²) in [5, 5.41) is 9.15. The van der Waals surface area contributed by atoms with Gasteiger partial charge >= 0.3 is 0 Å². The van der Waals surface area contributed by atoms with Crippen LogP contribution in [0, 0.1) is 17.6 Å². The summed E-state index contributed by atoms with van der Waals surface area (Å²) in [6, 6.07) is 7.34. The number of imidazole rings is 1. The number of likely N-dealkylation sites (tertiary alicyclic amines) is 1. The van der Waals surface area contributed by atoms with Gasteiger partial charge in [0.25, 0.3) is 11.8 Å². The SMILES string of the molecule is COc1ccc(-c2cnc(C(=O)Nc3ccc(C(=O)N4CCC(C(=O)N[C@H]5CCNC5)CC4)c(Cl)c3)n2C)c(F)c1F. The van der Waals surface area contributed by atoms with Crippen molar-refractivity contribution in [3.05, 3.63) is 64.6 Å². The fourth-order valence-corrected chi connectivity index (χ4v) is 5.58. The summed E-state index contributed by atoms with van der Waals surface area (Å²) >= 11 is 6.44. The third-order valence-electron chi connectivity index (χ3n) is 7.75. The van der Waals surface area contributed by atoms with Crippen LogP contribution in [0.1, 0.15) is 40.2 Å². The van der Waals surface area contributed by atoms with Gasteiger partial charge in [-0.2, -0.15) is 4.39 Å². The maximum atomic E-state index is 14.6. The van der Waals surface area contributed by atoms with E-state index in [2.05, 4.69) is 20.9 Å². The van der Waals surface area contributed by atoms with E-state index in [0.29, 0.717) is 31.6 Å². The summed E-state index contributed by atoms with van der Waals surface area (Å²) < 4.78 is 35.0. The Morgan fingerprint density at radius 1 is 1.10 bits per heavy atom. The van der Waals surface area contributed by atoms with E-state index in [1.54, 1.807) is 11.0 Å². The largest absolute Gasteiger partial charge is 0.494 e. The van der Waals surface area contributed by atoms with E-state index < -0.39 is 17.5 Å². The van der Waals surface area contributed by atoms with Gasteiger partial charge in [0.2, 0.25) is 11.7 Å². The molecule has 0 bridgehead atoms. The number of hydrogen-bond acceptors (Lipinski definition) is 6. The van der Waals surface area contributed by atoms with Crippen LogP contribution in [-0.4, -0.2) is 71.5 Å². The number of nitrogens with one attached hydrogen (secondary N) is 3. The number of carbonyl (C=O) groups excluding carboxylic acids is 3. The van der Waals surface area contributed by atoms with E-state index >= 15 is 0 Å². The van der Waals surface area contributed by atoms with E-state index in [9.17, 15) is 23.2 Å². The highest BCUT2D eigenvalue weighted by Gasteiger charge is 2.30. The molecule has 2 aliphatic heterocycles. The molecule has 3 aromatic rings.